The predicted octanol–water partition coefficient (Wildman–Crippen LogP) is 4.92. The summed E-state index contributed by atoms with van der Waals surface area (Å²) in [6.07, 6.45) is 7.54. The van der Waals surface area contributed by atoms with Crippen LogP contribution in [0.15, 0.2) is 52.4 Å². The van der Waals surface area contributed by atoms with Crippen LogP contribution in [0.1, 0.15) is 35.7 Å². The summed E-state index contributed by atoms with van der Waals surface area (Å²) in [4.78, 5) is 18.7. The Morgan fingerprint density at radius 2 is 2.00 bits per heavy atom. The van der Waals surface area contributed by atoms with Crippen molar-refractivity contribution < 1.29 is 4.79 Å². The minimum atomic E-state index is -0.251. The normalized spacial score (nSPS) is 11.9. The van der Waals surface area contributed by atoms with Crippen molar-refractivity contribution in [2.75, 3.05) is 6.26 Å². The molecule has 5 heteroatoms. The first kappa shape index (κ1) is 18.5. The molecule has 3 rings (SSSR count). The number of nitrogens with zero attached hydrogens (tertiary/aromatic N) is 2. The van der Waals surface area contributed by atoms with Gasteiger partial charge in [0, 0.05) is 10.5 Å². The summed E-state index contributed by atoms with van der Waals surface area (Å²) in [6, 6.07) is 13.8. The van der Waals surface area contributed by atoms with Gasteiger partial charge in [-0.15, -0.1) is 18.2 Å². The van der Waals surface area contributed by atoms with Gasteiger partial charge in [-0.1, -0.05) is 37.2 Å². The molecule has 0 radical (unpaired) electrons. The Morgan fingerprint density at radius 1 is 1.27 bits per heavy atom. The molecular weight excluding hydrogens is 360 g/mol. The van der Waals surface area contributed by atoms with Crippen LogP contribution < -0.4 is 4.80 Å². The van der Waals surface area contributed by atoms with Gasteiger partial charge in [-0.05, 0) is 54.1 Å². The predicted molar refractivity (Wildman–Crippen MR) is 111 cm³/mol. The molecular formula is C21H20N2OS2. The Kier molecular flexibility index (Phi) is 5.65. The maximum Gasteiger partial charge on any atom is 0.279 e. The molecule has 0 atom stereocenters. The summed E-state index contributed by atoms with van der Waals surface area (Å²) in [7, 11) is 0. The van der Waals surface area contributed by atoms with Crippen molar-refractivity contribution in [1.82, 2.24) is 4.57 Å². The molecule has 132 valence electrons. The quantitative estimate of drug-likeness (QED) is 0.475. The summed E-state index contributed by atoms with van der Waals surface area (Å²) in [5.41, 5.74) is 2.86. The van der Waals surface area contributed by atoms with Gasteiger partial charge in [0.1, 0.15) is 0 Å². The smallest absolute Gasteiger partial charge is 0.279 e. The van der Waals surface area contributed by atoms with Gasteiger partial charge in [0.15, 0.2) is 4.80 Å². The number of rotatable bonds is 4. The third-order valence-electron chi connectivity index (χ3n) is 4.16. The number of hydrogen-bond donors (Lipinski definition) is 0. The van der Waals surface area contributed by atoms with E-state index < -0.39 is 0 Å². The van der Waals surface area contributed by atoms with E-state index in [0.717, 1.165) is 15.1 Å². The summed E-state index contributed by atoms with van der Waals surface area (Å²) < 4.78 is 3.02. The minimum Gasteiger partial charge on any atom is -0.305 e. The Morgan fingerprint density at radius 3 is 2.62 bits per heavy atom. The van der Waals surface area contributed by atoms with Gasteiger partial charge in [0.25, 0.3) is 5.91 Å². The van der Waals surface area contributed by atoms with Crippen molar-refractivity contribution in [3.63, 3.8) is 0 Å². The first-order chi connectivity index (χ1) is 12.5. The summed E-state index contributed by atoms with van der Waals surface area (Å²) in [5.74, 6) is 2.86. The number of hydrogen-bond acceptors (Lipinski definition) is 3. The highest BCUT2D eigenvalue weighted by atomic mass is 32.2. The number of thiazole rings is 1. The second-order valence-corrected chi connectivity index (χ2v) is 8.09. The van der Waals surface area contributed by atoms with Crippen molar-refractivity contribution >= 4 is 39.2 Å². The molecule has 0 aliphatic rings. The second kappa shape index (κ2) is 7.94. The zero-order chi connectivity index (χ0) is 18.7. The van der Waals surface area contributed by atoms with Crippen LogP contribution in [0.3, 0.4) is 0 Å². The zero-order valence-electron chi connectivity index (χ0n) is 15.0. The van der Waals surface area contributed by atoms with Crippen LogP contribution in [0, 0.1) is 12.3 Å². The van der Waals surface area contributed by atoms with Crippen LogP contribution in [0.5, 0.6) is 0 Å². The first-order valence-corrected chi connectivity index (χ1v) is 10.4. The highest BCUT2D eigenvalue weighted by Gasteiger charge is 2.10. The lowest BCUT2D eigenvalue weighted by molar-refractivity contribution is 0.0998. The molecule has 0 N–H and O–H groups in total. The summed E-state index contributed by atoms with van der Waals surface area (Å²) in [5, 5.41) is 0. The molecule has 3 aromatic rings. The Hall–Kier alpha value is -2.29. The molecule has 0 saturated heterocycles. The lowest BCUT2D eigenvalue weighted by Gasteiger charge is -2.05. The molecule has 0 aliphatic carbocycles. The lowest BCUT2D eigenvalue weighted by Crippen LogP contribution is -2.16. The number of terminal acetylenes is 1. The monoisotopic (exact) mass is 380 g/mol. The van der Waals surface area contributed by atoms with Crippen LogP contribution in [-0.4, -0.2) is 16.7 Å². The number of carbonyl (C=O) groups excluding carboxylic acids is 1. The molecule has 1 heterocycles. The van der Waals surface area contributed by atoms with E-state index in [-0.39, 0.29) is 5.91 Å². The molecule has 0 aliphatic heterocycles. The average Bonchev–Trinajstić information content (AvgIpc) is 2.98. The van der Waals surface area contributed by atoms with Gasteiger partial charge in [-0.2, -0.15) is 4.99 Å². The highest BCUT2D eigenvalue weighted by molar-refractivity contribution is 7.98. The summed E-state index contributed by atoms with van der Waals surface area (Å²) >= 11 is 3.14. The van der Waals surface area contributed by atoms with Crippen LogP contribution in [0.25, 0.3) is 10.2 Å². The molecule has 26 heavy (non-hydrogen) atoms. The van der Waals surface area contributed by atoms with Gasteiger partial charge < -0.3 is 4.57 Å². The van der Waals surface area contributed by atoms with E-state index >= 15 is 0 Å². The van der Waals surface area contributed by atoms with E-state index in [1.54, 1.807) is 11.8 Å². The van der Waals surface area contributed by atoms with Crippen LogP contribution in [-0.2, 0) is 6.54 Å². The number of thioether (sulfide) groups is 1. The van der Waals surface area contributed by atoms with E-state index in [1.165, 1.54) is 16.9 Å². The van der Waals surface area contributed by atoms with Crippen molar-refractivity contribution in [2.24, 2.45) is 4.99 Å². The van der Waals surface area contributed by atoms with Gasteiger partial charge in [-0.3, -0.25) is 4.79 Å². The SMILES string of the molecule is C#CCn1c(=NC(=O)c2ccc(SC)cc2)sc2cc(C(C)C)ccc21. The number of aromatic nitrogens is 1. The molecule has 0 spiro atoms. The van der Waals surface area contributed by atoms with Crippen molar-refractivity contribution in [3.8, 4) is 12.3 Å². The topological polar surface area (TPSA) is 34.4 Å². The van der Waals surface area contributed by atoms with E-state index in [9.17, 15) is 4.79 Å². The standard InChI is InChI=1S/C21H20N2OS2/c1-5-12-23-18-11-8-16(14(2)3)13-19(18)26-21(23)22-20(24)15-6-9-17(25-4)10-7-15/h1,6-11,13-14H,12H2,2-4H3. The zero-order valence-corrected chi connectivity index (χ0v) is 16.7. The molecule has 0 fully saturated rings. The van der Waals surface area contributed by atoms with E-state index in [2.05, 4.69) is 43.0 Å². The number of benzene rings is 2. The third-order valence-corrected chi connectivity index (χ3v) is 5.94. The van der Waals surface area contributed by atoms with Crippen molar-refractivity contribution in [2.45, 2.75) is 31.2 Å². The van der Waals surface area contributed by atoms with Crippen molar-refractivity contribution in [1.29, 1.82) is 0 Å². The third kappa shape index (κ3) is 3.77. The fourth-order valence-electron chi connectivity index (χ4n) is 2.66. The van der Waals surface area contributed by atoms with Gasteiger partial charge in [0.2, 0.25) is 0 Å². The fourth-order valence-corrected chi connectivity index (χ4v) is 4.15. The molecule has 1 aromatic heterocycles. The number of fused-ring (bicyclic) bond motifs is 1. The molecule has 3 nitrogen and oxygen atoms in total. The second-order valence-electron chi connectivity index (χ2n) is 6.20. The average molecular weight is 381 g/mol. The van der Waals surface area contributed by atoms with Gasteiger partial charge in [0.05, 0.1) is 16.8 Å². The number of carbonyl (C=O) groups is 1. The molecule has 2 aromatic carbocycles. The number of amides is 1. The fraction of sp³-hybridized carbons (Fsp3) is 0.238. The lowest BCUT2D eigenvalue weighted by atomic mass is 10.0. The van der Waals surface area contributed by atoms with Crippen LogP contribution >= 0.6 is 23.1 Å². The minimum absolute atomic E-state index is 0.251. The molecule has 0 saturated carbocycles. The Bertz CT molecular complexity index is 1050. The molecule has 0 unspecified atom stereocenters. The molecule has 0 bridgehead atoms. The first-order valence-electron chi connectivity index (χ1n) is 8.33. The van der Waals surface area contributed by atoms with E-state index in [4.69, 9.17) is 6.42 Å². The largest absolute Gasteiger partial charge is 0.305 e. The van der Waals surface area contributed by atoms with Crippen LogP contribution in [0.2, 0.25) is 0 Å². The van der Waals surface area contributed by atoms with Gasteiger partial charge >= 0.3 is 0 Å². The van der Waals surface area contributed by atoms with E-state index in [1.807, 2.05) is 35.1 Å². The Labute approximate surface area is 161 Å². The van der Waals surface area contributed by atoms with E-state index in [0.29, 0.717) is 22.8 Å². The Balaban J connectivity index is 2.09. The van der Waals surface area contributed by atoms with Crippen molar-refractivity contribution in [3.05, 3.63) is 58.4 Å². The highest BCUT2D eigenvalue weighted by Crippen LogP contribution is 2.23. The van der Waals surface area contributed by atoms with Crippen LogP contribution in [0.4, 0.5) is 0 Å². The maximum absolute atomic E-state index is 12.6. The molecule has 1 amide bonds. The van der Waals surface area contributed by atoms with Gasteiger partial charge in [-0.25, -0.2) is 0 Å². The summed E-state index contributed by atoms with van der Waals surface area (Å²) in [6.45, 7) is 4.72. The maximum atomic E-state index is 12.6.